The molecule has 6 nitrogen and oxygen atoms in total. The molecule has 0 amide bonds. The highest BCUT2D eigenvalue weighted by atomic mass is 32.2. The van der Waals surface area contributed by atoms with Crippen LogP contribution in [0.15, 0.2) is 23.1 Å². The van der Waals surface area contributed by atoms with Crippen LogP contribution in [0.1, 0.15) is 18.4 Å². The summed E-state index contributed by atoms with van der Waals surface area (Å²) in [5.74, 6) is 0.229. The molecule has 1 aliphatic carbocycles. The highest BCUT2D eigenvalue weighted by Gasteiger charge is 2.55. The van der Waals surface area contributed by atoms with Crippen molar-refractivity contribution in [1.29, 1.82) is 5.26 Å². The molecule has 3 N–H and O–H groups in total. The second kappa shape index (κ2) is 4.19. The van der Waals surface area contributed by atoms with Crippen LogP contribution in [0.4, 0.5) is 5.69 Å². The van der Waals surface area contributed by atoms with Gasteiger partial charge in [0.2, 0.25) is 10.0 Å². The zero-order valence-electron chi connectivity index (χ0n) is 10.8. The van der Waals surface area contributed by atoms with Crippen molar-refractivity contribution in [3.8, 4) is 6.07 Å². The highest BCUT2D eigenvalue weighted by molar-refractivity contribution is 7.89. The summed E-state index contributed by atoms with van der Waals surface area (Å²) in [5, 5.41) is 19.0. The van der Waals surface area contributed by atoms with Gasteiger partial charge in [-0.1, -0.05) is 0 Å². The van der Waals surface area contributed by atoms with Crippen LogP contribution in [0.3, 0.4) is 0 Å². The number of β-amino-alcohol motifs (C(OH)–C–C–N with tert-alkyl or cyclic N) is 1. The van der Waals surface area contributed by atoms with E-state index in [1.165, 1.54) is 22.5 Å². The van der Waals surface area contributed by atoms with Gasteiger partial charge in [-0.15, -0.1) is 0 Å². The molecule has 1 saturated heterocycles. The van der Waals surface area contributed by atoms with E-state index in [-0.39, 0.29) is 29.6 Å². The zero-order chi connectivity index (χ0) is 14.5. The van der Waals surface area contributed by atoms with E-state index in [1.807, 2.05) is 6.07 Å². The van der Waals surface area contributed by atoms with E-state index >= 15 is 0 Å². The average Bonchev–Trinajstić information content (AvgIpc) is 3.18. The van der Waals surface area contributed by atoms with Gasteiger partial charge in [-0.25, -0.2) is 8.42 Å². The molecule has 0 spiro atoms. The van der Waals surface area contributed by atoms with Gasteiger partial charge < -0.3 is 10.8 Å². The van der Waals surface area contributed by atoms with Crippen molar-refractivity contribution in [3.63, 3.8) is 0 Å². The third-order valence-corrected chi connectivity index (χ3v) is 5.86. The zero-order valence-corrected chi connectivity index (χ0v) is 11.6. The predicted molar refractivity (Wildman–Crippen MR) is 72.0 cm³/mol. The topological polar surface area (TPSA) is 107 Å². The van der Waals surface area contributed by atoms with E-state index in [1.54, 1.807) is 0 Å². The minimum atomic E-state index is -3.70. The molecule has 0 radical (unpaired) electrons. The van der Waals surface area contributed by atoms with Crippen LogP contribution in [0.25, 0.3) is 0 Å². The minimum Gasteiger partial charge on any atom is -0.398 e. The van der Waals surface area contributed by atoms with Gasteiger partial charge in [0.25, 0.3) is 0 Å². The van der Waals surface area contributed by atoms with E-state index < -0.39 is 15.6 Å². The molecule has 7 heteroatoms. The van der Waals surface area contributed by atoms with Crippen LogP contribution in [0.2, 0.25) is 0 Å². The van der Waals surface area contributed by atoms with Crippen molar-refractivity contribution in [2.24, 2.45) is 5.92 Å². The number of hydrogen-bond acceptors (Lipinski definition) is 5. The number of aliphatic hydroxyl groups is 1. The first-order valence-corrected chi connectivity index (χ1v) is 7.83. The van der Waals surface area contributed by atoms with Gasteiger partial charge in [-0.2, -0.15) is 9.57 Å². The maximum atomic E-state index is 12.4. The number of nitrogens with zero attached hydrogens (tertiary/aromatic N) is 2. The lowest BCUT2D eigenvalue weighted by atomic mass is 9.91. The molecule has 1 aromatic carbocycles. The normalized spacial score (nSPS) is 22.0. The molecular formula is C13H15N3O3S. The van der Waals surface area contributed by atoms with Gasteiger partial charge in [0, 0.05) is 13.1 Å². The Morgan fingerprint density at radius 1 is 1.40 bits per heavy atom. The van der Waals surface area contributed by atoms with Gasteiger partial charge >= 0.3 is 0 Å². The Morgan fingerprint density at radius 3 is 2.55 bits per heavy atom. The summed E-state index contributed by atoms with van der Waals surface area (Å²) in [7, 11) is -3.70. The fourth-order valence-corrected chi connectivity index (χ4v) is 4.27. The number of nitrogens with two attached hydrogens (primary N) is 1. The molecule has 1 heterocycles. The number of nitrogen functional groups attached to an aromatic ring is 1. The molecule has 0 bridgehead atoms. The van der Waals surface area contributed by atoms with Gasteiger partial charge in [0.15, 0.2) is 0 Å². The number of rotatable bonds is 3. The maximum Gasteiger partial charge on any atom is 0.245 e. The summed E-state index contributed by atoms with van der Waals surface area (Å²) in [6, 6.07) is 6.03. The Morgan fingerprint density at radius 2 is 2.05 bits per heavy atom. The van der Waals surface area contributed by atoms with Gasteiger partial charge in [0.1, 0.15) is 4.90 Å². The van der Waals surface area contributed by atoms with Crippen LogP contribution in [0.5, 0.6) is 0 Å². The molecule has 0 aromatic heterocycles. The molecule has 0 atom stereocenters. The van der Waals surface area contributed by atoms with Crippen molar-refractivity contribution in [3.05, 3.63) is 23.8 Å². The Labute approximate surface area is 117 Å². The minimum absolute atomic E-state index is 0.00523. The Balaban J connectivity index is 1.85. The second-order valence-corrected chi connectivity index (χ2v) is 7.42. The highest BCUT2D eigenvalue weighted by Crippen LogP contribution is 2.46. The van der Waals surface area contributed by atoms with Crippen LogP contribution >= 0.6 is 0 Å². The largest absolute Gasteiger partial charge is 0.398 e. The lowest BCUT2D eigenvalue weighted by Gasteiger charge is -2.45. The summed E-state index contributed by atoms with van der Waals surface area (Å²) in [6.07, 6.45) is 1.92. The Kier molecular flexibility index (Phi) is 2.80. The molecular weight excluding hydrogens is 278 g/mol. The van der Waals surface area contributed by atoms with E-state index in [2.05, 4.69) is 0 Å². The van der Waals surface area contributed by atoms with Gasteiger partial charge in [-0.3, -0.25) is 0 Å². The van der Waals surface area contributed by atoms with Crippen molar-refractivity contribution in [2.75, 3.05) is 18.8 Å². The molecule has 0 unspecified atom stereocenters. The van der Waals surface area contributed by atoms with Crippen molar-refractivity contribution < 1.29 is 13.5 Å². The molecule has 20 heavy (non-hydrogen) atoms. The van der Waals surface area contributed by atoms with E-state index in [9.17, 15) is 13.5 Å². The lowest BCUT2D eigenvalue weighted by Crippen LogP contribution is -2.64. The number of benzene rings is 1. The summed E-state index contributed by atoms with van der Waals surface area (Å²) in [4.78, 5) is -0.00523. The molecule has 1 aromatic rings. The van der Waals surface area contributed by atoms with Crippen molar-refractivity contribution in [2.45, 2.75) is 23.3 Å². The summed E-state index contributed by atoms with van der Waals surface area (Å²) >= 11 is 0. The van der Waals surface area contributed by atoms with E-state index in [0.29, 0.717) is 5.56 Å². The fourth-order valence-electron chi connectivity index (χ4n) is 2.61. The molecule has 1 aliphatic heterocycles. The quantitative estimate of drug-likeness (QED) is 0.779. The van der Waals surface area contributed by atoms with E-state index in [4.69, 9.17) is 11.0 Å². The fraction of sp³-hybridized carbons (Fsp3) is 0.462. The van der Waals surface area contributed by atoms with Crippen LogP contribution < -0.4 is 5.73 Å². The monoisotopic (exact) mass is 293 g/mol. The number of anilines is 1. The SMILES string of the molecule is N#Cc1ccc(S(=O)(=O)N2CC(O)(C3CC3)C2)c(N)c1. The maximum absolute atomic E-state index is 12.4. The number of sulfonamides is 1. The first-order chi connectivity index (χ1) is 9.37. The number of hydrogen-bond donors (Lipinski definition) is 2. The van der Waals surface area contributed by atoms with Crippen molar-refractivity contribution in [1.82, 2.24) is 4.31 Å². The first kappa shape index (κ1) is 13.4. The second-order valence-electron chi connectivity index (χ2n) is 5.52. The Hall–Kier alpha value is -1.62. The smallest absolute Gasteiger partial charge is 0.245 e. The molecule has 2 aliphatic rings. The Bertz CT molecular complexity index is 698. The summed E-state index contributed by atoms with van der Waals surface area (Å²) < 4.78 is 26.1. The third-order valence-electron chi connectivity index (χ3n) is 3.99. The van der Waals surface area contributed by atoms with Gasteiger partial charge in [-0.05, 0) is 37.0 Å². The summed E-state index contributed by atoms with van der Waals surface area (Å²) in [6.45, 7) is 0.249. The third kappa shape index (κ3) is 1.97. The lowest BCUT2D eigenvalue weighted by molar-refractivity contribution is -0.0764. The first-order valence-electron chi connectivity index (χ1n) is 6.39. The van der Waals surface area contributed by atoms with Crippen LogP contribution in [0, 0.1) is 17.2 Å². The van der Waals surface area contributed by atoms with Crippen LogP contribution in [-0.2, 0) is 10.0 Å². The standard InChI is InChI=1S/C13H15N3O3S/c14-6-9-1-4-12(11(15)5-9)20(18,19)16-7-13(17,8-16)10-2-3-10/h1,4-5,10,17H,2-3,7-8,15H2. The van der Waals surface area contributed by atoms with Gasteiger partial charge in [0.05, 0.1) is 22.9 Å². The molecule has 3 rings (SSSR count). The van der Waals surface area contributed by atoms with Crippen LogP contribution in [-0.4, -0.2) is 36.5 Å². The predicted octanol–water partition coefficient (Wildman–Crippen LogP) is 0.286. The molecule has 1 saturated carbocycles. The van der Waals surface area contributed by atoms with Crippen molar-refractivity contribution >= 4 is 15.7 Å². The average molecular weight is 293 g/mol. The summed E-state index contributed by atoms with van der Waals surface area (Å²) in [5.41, 5.74) is 5.23. The number of nitriles is 1. The molecule has 2 fully saturated rings. The molecule has 106 valence electrons. The van der Waals surface area contributed by atoms with E-state index in [0.717, 1.165) is 12.8 Å².